The number of rotatable bonds is 4. The highest BCUT2D eigenvalue weighted by Crippen LogP contribution is 2.24. The van der Waals surface area contributed by atoms with Gasteiger partial charge >= 0.3 is 0 Å². The van der Waals surface area contributed by atoms with Crippen molar-refractivity contribution in [2.45, 2.75) is 12.6 Å². The van der Waals surface area contributed by atoms with Gasteiger partial charge in [-0.3, -0.25) is 14.7 Å². The molecule has 2 heterocycles. The fourth-order valence-corrected chi connectivity index (χ4v) is 3.19. The molecule has 0 aliphatic carbocycles. The van der Waals surface area contributed by atoms with Crippen molar-refractivity contribution < 1.29 is 9.18 Å². The van der Waals surface area contributed by atoms with Crippen LogP contribution < -0.4 is 10.6 Å². The van der Waals surface area contributed by atoms with Crippen LogP contribution in [0.15, 0.2) is 36.7 Å². The molecular weight excluding hydrogens is 366 g/mol. The standard InChI is InChI=1S/C17H17Cl2FN4O/c18-14-7-21-8-15(19)13(14)9-24-6-5-22-16(10-24)17(25)23-12-3-1-11(20)2-4-12/h1-4,7-8,16,22H,5-6,9-10H2,(H,23,25)/t16-/m1/s1. The van der Waals surface area contributed by atoms with Crippen LogP contribution in [0.3, 0.4) is 0 Å². The van der Waals surface area contributed by atoms with Crippen LogP contribution in [-0.4, -0.2) is 41.5 Å². The third kappa shape index (κ3) is 4.67. The number of hydrogen-bond donors (Lipinski definition) is 2. The van der Waals surface area contributed by atoms with Crippen LogP contribution in [0.2, 0.25) is 10.0 Å². The second-order valence-electron chi connectivity index (χ2n) is 5.82. The minimum atomic E-state index is -0.377. The van der Waals surface area contributed by atoms with Crippen LogP contribution in [0.5, 0.6) is 0 Å². The van der Waals surface area contributed by atoms with E-state index in [2.05, 4.69) is 20.5 Å². The molecule has 1 aliphatic rings. The molecule has 2 N–H and O–H groups in total. The molecule has 0 bridgehead atoms. The Morgan fingerprint density at radius 1 is 1.28 bits per heavy atom. The summed E-state index contributed by atoms with van der Waals surface area (Å²) in [5.74, 6) is -0.505. The van der Waals surface area contributed by atoms with E-state index in [1.54, 1.807) is 12.4 Å². The minimum Gasteiger partial charge on any atom is -0.325 e. The summed E-state index contributed by atoms with van der Waals surface area (Å²) in [6.07, 6.45) is 3.12. The summed E-state index contributed by atoms with van der Waals surface area (Å²) in [5, 5.41) is 7.00. The van der Waals surface area contributed by atoms with Crippen molar-refractivity contribution in [3.63, 3.8) is 0 Å². The van der Waals surface area contributed by atoms with Crippen LogP contribution in [-0.2, 0) is 11.3 Å². The Kier molecular flexibility index (Phi) is 5.86. The van der Waals surface area contributed by atoms with Gasteiger partial charge < -0.3 is 10.6 Å². The van der Waals surface area contributed by atoms with Crippen molar-refractivity contribution in [1.29, 1.82) is 0 Å². The maximum Gasteiger partial charge on any atom is 0.242 e. The van der Waals surface area contributed by atoms with Gasteiger partial charge in [-0.15, -0.1) is 0 Å². The monoisotopic (exact) mass is 382 g/mol. The molecule has 1 atom stereocenters. The number of pyridine rings is 1. The van der Waals surface area contributed by atoms with Gasteiger partial charge in [-0.1, -0.05) is 23.2 Å². The Morgan fingerprint density at radius 2 is 1.96 bits per heavy atom. The summed E-state index contributed by atoms with van der Waals surface area (Å²) in [4.78, 5) is 18.5. The number of carbonyl (C=O) groups is 1. The van der Waals surface area contributed by atoms with E-state index in [-0.39, 0.29) is 17.8 Å². The highest BCUT2D eigenvalue weighted by atomic mass is 35.5. The summed E-state index contributed by atoms with van der Waals surface area (Å²) in [6.45, 7) is 2.50. The number of benzene rings is 1. The Labute approximate surface area is 155 Å². The van der Waals surface area contributed by atoms with Crippen molar-refractivity contribution >= 4 is 34.8 Å². The molecule has 2 aromatic rings. The topological polar surface area (TPSA) is 57.3 Å². The number of nitrogens with zero attached hydrogens (tertiary/aromatic N) is 2. The quantitative estimate of drug-likeness (QED) is 0.853. The van der Waals surface area contributed by atoms with Crippen molar-refractivity contribution in [3.8, 4) is 0 Å². The first-order chi connectivity index (χ1) is 12.0. The van der Waals surface area contributed by atoms with Gasteiger partial charge in [0.1, 0.15) is 5.82 Å². The predicted molar refractivity (Wildman–Crippen MR) is 96.4 cm³/mol. The molecule has 0 unspecified atom stereocenters. The lowest BCUT2D eigenvalue weighted by molar-refractivity contribution is -0.119. The van der Waals surface area contributed by atoms with Gasteiger partial charge in [-0.2, -0.15) is 0 Å². The van der Waals surface area contributed by atoms with E-state index in [1.165, 1.54) is 24.3 Å². The fraction of sp³-hybridized carbons (Fsp3) is 0.294. The number of halogens is 3. The molecule has 25 heavy (non-hydrogen) atoms. The Morgan fingerprint density at radius 3 is 2.64 bits per heavy atom. The van der Waals surface area contributed by atoms with Crippen LogP contribution in [0.4, 0.5) is 10.1 Å². The maximum atomic E-state index is 12.9. The second kappa shape index (κ2) is 8.10. The lowest BCUT2D eigenvalue weighted by atomic mass is 10.1. The summed E-state index contributed by atoms with van der Waals surface area (Å²) in [5.41, 5.74) is 1.36. The third-order valence-corrected chi connectivity index (χ3v) is 4.67. The highest BCUT2D eigenvalue weighted by Gasteiger charge is 2.26. The molecule has 0 spiro atoms. The SMILES string of the molecule is O=C(Nc1ccc(F)cc1)[C@H]1CN(Cc2c(Cl)cncc2Cl)CCN1. The fourth-order valence-electron chi connectivity index (χ4n) is 2.71. The zero-order chi connectivity index (χ0) is 17.8. The highest BCUT2D eigenvalue weighted by molar-refractivity contribution is 6.35. The van der Waals surface area contributed by atoms with Gasteiger partial charge in [-0.05, 0) is 24.3 Å². The van der Waals surface area contributed by atoms with E-state index in [1.807, 2.05) is 0 Å². The molecule has 5 nitrogen and oxygen atoms in total. The van der Waals surface area contributed by atoms with Crippen LogP contribution in [0.1, 0.15) is 5.56 Å². The largest absolute Gasteiger partial charge is 0.325 e. The van der Waals surface area contributed by atoms with Crippen molar-refractivity contribution in [3.05, 3.63) is 58.1 Å². The molecule has 1 aromatic heterocycles. The van der Waals surface area contributed by atoms with Gasteiger partial charge in [-0.25, -0.2) is 4.39 Å². The summed E-state index contributed by atoms with van der Waals surface area (Å²) in [7, 11) is 0. The molecule has 132 valence electrons. The number of amides is 1. The molecule has 1 aliphatic heterocycles. The van der Waals surface area contributed by atoms with Gasteiger partial charge in [0.15, 0.2) is 0 Å². The summed E-state index contributed by atoms with van der Waals surface area (Å²) >= 11 is 12.3. The molecule has 0 saturated carbocycles. The van der Waals surface area contributed by atoms with Crippen LogP contribution >= 0.6 is 23.2 Å². The van der Waals surface area contributed by atoms with Crippen molar-refractivity contribution in [1.82, 2.24) is 15.2 Å². The van der Waals surface area contributed by atoms with E-state index >= 15 is 0 Å². The molecule has 1 amide bonds. The van der Waals surface area contributed by atoms with Gasteiger partial charge in [0.2, 0.25) is 5.91 Å². The predicted octanol–water partition coefficient (Wildman–Crippen LogP) is 2.94. The first kappa shape index (κ1) is 18.1. The number of piperazine rings is 1. The van der Waals surface area contributed by atoms with Gasteiger partial charge in [0, 0.05) is 49.8 Å². The van der Waals surface area contributed by atoms with E-state index in [0.29, 0.717) is 35.4 Å². The second-order valence-corrected chi connectivity index (χ2v) is 6.63. The summed E-state index contributed by atoms with van der Waals surface area (Å²) < 4.78 is 12.9. The number of nitrogens with one attached hydrogen (secondary N) is 2. The molecule has 1 fully saturated rings. The molecule has 3 rings (SSSR count). The lowest BCUT2D eigenvalue weighted by Gasteiger charge is -2.33. The average molecular weight is 383 g/mol. The summed E-state index contributed by atoms with van der Waals surface area (Å²) in [6, 6.07) is 5.31. The Balaban J connectivity index is 1.62. The third-order valence-electron chi connectivity index (χ3n) is 4.02. The normalized spacial score (nSPS) is 18.1. The Bertz CT molecular complexity index is 737. The number of hydrogen-bond acceptors (Lipinski definition) is 4. The van der Waals surface area contributed by atoms with Crippen LogP contribution in [0.25, 0.3) is 0 Å². The molecule has 0 radical (unpaired) electrons. The van der Waals surface area contributed by atoms with Gasteiger partial charge in [0.05, 0.1) is 16.1 Å². The Hall–Kier alpha value is -1.73. The average Bonchev–Trinajstić information content (AvgIpc) is 2.60. The van der Waals surface area contributed by atoms with Gasteiger partial charge in [0.25, 0.3) is 0 Å². The van der Waals surface area contributed by atoms with Crippen molar-refractivity contribution in [2.24, 2.45) is 0 Å². The van der Waals surface area contributed by atoms with E-state index in [9.17, 15) is 9.18 Å². The molecular formula is C17H17Cl2FN4O. The maximum absolute atomic E-state index is 12.9. The molecule has 8 heteroatoms. The van der Waals surface area contributed by atoms with E-state index in [0.717, 1.165) is 12.1 Å². The number of anilines is 1. The first-order valence-electron chi connectivity index (χ1n) is 7.83. The zero-order valence-corrected chi connectivity index (χ0v) is 14.8. The minimum absolute atomic E-state index is 0.164. The lowest BCUT2D eigenvalue weighted by Crippen LogP contribution is -2.55. The molecule has 1 saturated heterocycles. The zero-order valence-electron chi connectivity index (χ0n) is 13.3. The smallest absolute Gasteiger partial charge is 0.242 e. The van der Waals surface area contributed by atoms with Crippen molar-refractivity contribution in [2.75, 3.05) is 25.0 Å². The first-order valence-corrected chi connectivity index (χ1v) is 8.58. The van der Waals surface area contributed by atoms with E-state index < -0.39 is 0 Å². The molecule has 1 aromatic carbocycles. The van der Waals surface area contributed by atoms with E-state index in [4.69, 9.17) is 23.2 Å². The number of carbonyl (C=O) groups excluding carboxylic acids is 1. The number of aromatic nitrogens is 1. The van der Waals surface area contributed by atoms with Crippen LogP contribution in [0, 0.1) is 5.82 Å².